The van der Waals surface area contributed by atoms with Crippen LogP contribution in [0.1, 0.15) is 40.9 Å². The van der Waals surface area contributed by atoms with Crippen LogP contribution in [-0.2, 0) is 11.2 Å². The van der Waals surface area contributed by atoms with Crippen molar-refractivity contribution in [3.8, 4) is 0 Å². The SMILES string of the molecule is CCN(CC)c1ccc2c(c1)CC(=O)C(C(=O)c1cc3ccc(C)cc3oc1=O)=C2. The van der Waals surface area contributed by atoms with Gasteiger partial charge in [-0.05, 0) is 67.8 Å². The molecule has 0 saturated heterocycles. The third-order valence-electron chi connectivity index (χ3n) is 5.59. The van der Waals surface area contributed by atoms with Gasteiger partial charge in [0.05, 0.1) is 5.57 Å². The molecule has 2 aromatic carbocycles. The molecule has 5 nitrogen and oxygen atoms in total. The molecule has 152 valence electrons. The molecule has 0 N–H and O–H groups in total. The molecule has 5 heteroatoms. The number of aryl methyl sites for hydroxylation is 1. The highest BCUT2D eigenvalue weighted by molar-refractivity contribution is 6.30. The fraction of sp³-hybridized carbons (Fsp3) is 0.240. The summed E-state index contributed by atoms with van der Waals surface area (Å²) in [5.74, 6) is -0.873. The molecule has 0 unspecified atom stereocenters. The summed E-state index contributed by atoms with van der Waals surface area (Å²) in [5.41, 5.74) is 3.34. The Morgan fingerprint density at radius 1 is 1.03 bits per heavy atom. The van der Waals surface area contributed by atoms with Crippen molar-refractivity contribution < 1.29 is 14.0 Å². The van der Waals surface area contributed by atoms with E-state index in [1.807, 2.05) is 31.2 Å². The molecule has 0 fully saturated rings. The number of nitrogens with zero attached hydrogens (tertiary/aromatic N) is 1. The number of carbonyl (C=O) groups is 2. The summed E-state index contributed by atoms with van der Waals surface area (Å²) in [5, 5.41) is 0.650. The van der Waals surface area contributed by atoms with Crippen LogP contribution in [0.4, 0.5) is 5.69 Å². The van der Waals surface area contributed by atoms with E-state index >= 15 is 0 Å². The van der Waals surface area contributed by atoms with Crippen molar-refractivity contribution in [2.75, 3.05) is 18.0 Å². The molecule has 30 heavy (non-hydrogen) atoms. The minimum Gasteiger partial charge on any atom is -0.422 e. The van der Waals surface area contributed by atoms with Gasteiger partial charge in [-0.15, -0.1) is 0 Å². The van der Waals surface area contributed by atoms with Gasteiger partial charge in [-0.2, -0.15) is 0 Å². The number of Topliss-reactive ketones (excluding diaryl/α,β-unsaturated/α-hetero) is 2. The maximum Gasteiger partial charge on any atom is 0.347 e. The summed E-state index contributed by atoms with van der Waals surface area (Å²) >= 11 is 0. The first kappa shape index (κ1) is 19.8. The van der Waals surface area contributed by atoms with Crippen LogP contribution < -0.4 is 10.5 Å². The number of hydrogen-bond donors (Lipinski definition) is 0. The van der Waals surface area contributed by atoms with Gasteiger partial charge in [0.15, 0.2) is 5.78 Å². The molecular weight excluding hydrogens is 378 g/mol. The number of carbonyl (C=O) groups excluding carboxylic acids is 2. The van der Waals surface area contributed by atoms with Crippen LogP contribution in [0.25, 0.3) is 17.0 Å². The molecule has 0 saturated carbocycles. The van der Waals surface area contributed by atoms with Crippen LogP contribution in [0.3, 0.4) is 0 Å². The highest BCUT2D eigenvalue weighted by Crippen LogP contribution is 2.28. The van der Waals surface area contributed by atoms with Crippen molar-refractivity contribution in [2.45, 2.75) is 27.2 Å². The molecule has 1 aliphatic rings. The smallest absolute Gasteiger partial charge is 0.347 e. The fourth-order valence-electron chi connectivity index (χ4n) is 3.89. The molecule has 4 rings (SSSR count). The summed E-state index contributed by atoms with van der Waals surface area (Å²) in [6.45, 7) is 7.82. The van der Waals surface area contributed by atoms with Crippen molar-refractivity contribution in [2.24, 2.45) is 0 Å². The van der Waals surface area contributed by atoms with E-state index in [2.05, 4.69) is 18.7 Å². The van der Waals surface area contributed by atoms with Gasteiger partial charge in [0.1, 0.15) is 11.1 Å². The van der Waals surface area contributed by atoms with Gasteiger partial charge >= 0.3 is 5.63 Å². The molecule has 1 heterocycles. The Bertz CT molecular complexity index is 1260. The maximum absolute atomic E-state index is 13.1. The Labute approximate surface area is 174 Å². The lowest BCUT2D eigenvalue weighted by atomic mass is 9.87. The van der Waals surface area contributed by atoms with Crippen LogP contribution in [0.2, 0.25) is 0 Å². The van der Waals surface area contributed by atoms with Gasteiger partial charge in [-0.3, -0.25) is 9.59 Å². The fourth-order valence-corrected chi connectivity index (χ4v) is 3.89. The van der Waals surface area contributed by atoms with E-state index in [0.717, 1.165) is 35.5 Å². The van der Waals surface area contributed by atoms with Crippen molar-refractivity contribution in [3.05, 3.63) is 80.7 Å². The van der Waals surface area contributed by atoms with E-state index in [9.17, 15) is 14.4 Å². The quantitative estimate of drug-likeness (QED) is 0.361. The number of allylic oxidation sites excluding steroid dienone is 1. The normalized spacial score (nSPS) is 13.2. The number of anilines is 1. The lowest BCUT2D eigenvalue weighted by molar-refractivity contribution is -0.114. The zero-order valence-corrected chi connectivity index (χ0v) is 17.3. The molecule has 0 aliphatic heterocycles. The van der Waals surface area contributed by atoms with Crippen LogP contribution in [0, 0.1) is 6.92 Å². The molecular formula is C25H23NO4. The summed E-state index contributed by atoms with van der Waals surface area (Å²) in [6, 6.07) is 12.9. The largest absolute Gasteiger partial charge is 0.422 e. The van der Waals surface area contributed by atoms with E-state index in [0.29, 0.717) is 11.0 Å². The highest BCUT2D eigenvalue weighted by atomic mass is 16.4. The highest BCUT2D eigenvalue weighted by Gasteiger charge is 2.27. The Morgan fingerprint density at radius 2 is 1.80 bits per heavy atom. The van der Waals surface area contributed by atoms with E-state index < -0.39 is 11.4 Å². The van der Waals surface area contributed by atoms with Gasteiger partial charge in [-0.1, -0.05) is 18.2 Å². The summed E-state index contributed by atoms with van der Waals surface area (Å²) in [6.07, 6.45) is 1.73. The molecule has 1 aromatic heterocycles. The zero-order valence-electron chi connectivity index (χ0n) is 17.3. The van der Waals surface area contributed by atoms with Gasteiger partial charge in [-0.25, -0.2) is 4.79 Å². The Balaban J connectivity index is 1.74. The van der Waals surface area contributed by atoms with Crippen LogP contribution >= 0.6 is 0 Å². The minimum absolute atomic E-state index is 0.0249. The molecule has 0 spiro atoms. The second-order valence-electron chi connectivity index (χ2n) is 7.53. The second kappa shape index (κ2) is 7.75. The molecule has 0 radical (unpaired) electrons. The minimum atomic E-state index is -0.727. The van der Waals surface area contributed by atoms with E-state index in [1.165, 1.54) is 6.07 Å². The molecule has 0 amide bonds. The van der Waals surface area contributed by atoms with E-state index in [-0.39, 0.29) is 23.3 Å². The molecule has 1 aliphatic carbocycles. The van der Waals surface area contributed by atoms with Crippen LogP contribution in [0.15, 0.2) is 57.2 Å². The average molecular weight is 401 g/mol. The average Bonchev–Trinajstić information content (AvgIpc) is 2.73. The van der Waals surface area contributed by atoms with Gasteiger partial charge in [0.2, 0.25) is 5.78 Å². The van der Waals surface area contributed by atoms with Crippen molar-refractivity contribution in [1.29, 1.82) is 0 Å². The van der Waals surface area contributed by atoms with Crippen LogP contribution in [0.5, 0.6) is 0 Å². The first-order valence-corrected chi connectivity index (χ1v) is 10.1. The standard InChI is InChI=1S/C25H23NO4/c1-4-26(5-2)19-9-8-16-12-20(22(27)14-18(16)11-19)24(28)21-13-17-7-6-15(3)10-23(17)30-25(21)29/h6-13H,4-5,14H2,1-3H3. The van der Waals surface area contributed by atoms with Crippen molar-refractivity contribution in [3.63, 3.8) is 0 Å². The van der Waals surface area contributed by atoms with E-state index in [4.69, 9.17) is 4.42 Å². The lowest BCUT2D eigenvalue weighted by Gasteiger charge is -2.23. The second-order valence-corrected chi connectivity index (χ2v) is 7.53. The topological polar surface area (TPSA) is 67.6 Å². The Hall–Kier alpha value is -3.47. The summed E-state index contributed by atoms with van der Waals surface area (Å²) in [4.78, 5) is 40.5. The number of rotatable bonds is 5. The summed E-state index contributed by atoms with van der Waals surface area (Å²) in [7, 11) is 0. The lowest BCUT2D eigenvalue weighted by Crippen LogP contribution is -2.24. The molecule has 3 aromatic rings. The van der Waals surface area contributed by atoms with Gasteiger partial charge < -0.3 is 9.32 Å². The maximum atomic E-state index is 13.1. The van der Waals surface area contributed by atoms with Gasteiger partial charge in [0, 0.05) is 30.6 Å². The molecule has 0 atom stereocenters. The predicted molar refractivity (Wildman–Crippen MR) is 118 cm³/mol. The monoisotopic (exact) mass is 401 g/mol. The third-order valence-corrected chi connectivity index (χ3v) is 5.59. The van der Waals surface area contributed by atoms with Crippen LogP contribution in [-0.4, -0.2) is 24.7 Å². The predicted octanol–water partition coefficient (Wildman–Crippen LogP) is 4.34. The van der Waals surface area contributed by atoms with Crippen molar-refractivity contribution in [1.82, 2.24) is 0 Å². The molecule has 0 bridgehead atoms. The van der Waals surface area contributed by atoms with Gasteiger partial charge in [0.25, 0.3) is 0 Å². The number of fused-ring (bicyclic) bond motifs is 2. The zero-order chi connectivity index (χ0) is 21.4. The number of benzene rings is 2. The number of ketones is 2. The third kappa shape index (κ3) is 3.47. The summed E-state index contributed by atoms with van der Waals surface area (Å²) < 4.78 is 5.34. The van der Waals surface area contributed by atoms with E-state index in [1.54, 1.807) is 18.2 Å². The first-order chi connectivity index (χ1) is 14.4. The van der Waals surface area contributed by atoms with Crippen molar-refractivity contribution >= 4 is 34.3 Å². The Kier molecular flexibility index (Phi) is 5.12. The number of hydrogen-bond acceptors (Lipinski definition) is 5. The first-order valence-electron chi connectivity index (χ1n) is 10.1. The Morgan fingerprint density at radius 3 is 2.53 bits per heavy atom.